The topological polar surface area (TPSA) is 38.7 Å². The van der Waals surface area contributed by atoms with Crippen LogP contribution in [-0.4, -0.2) is 24.6 Å². The van der Waals surface area contributed by atoms with Crippen molar-refractivity contribution in [1.29, 1.82) is 0 Å². The Morgan fingerprint density at radius 2 is 1.96 bits per heavy atom. The van der Waals surface area contributed by atoms with Crippen LogP contribution in [0.5, 0.6) is 5.75 Å². The highest BCUT2D eigenvalue weighted by atomic mass is 16.7. The highest BCUT2D eigenvalue weighted by Gasteiger charge is 2.15. The summed E-state index contributed by atoms with van der Waals surface area (Å²) in [6, 6.07) is 16.3. The minimum atomic E-state index is -0.114. The molecule has 1 atom stereocenters. The molecule has 0 bridgehead atoms. The van der Waals surface area contributed by atoms with E-state index in [9.17, 15) is 0 Å². The van der Waals surface area contributed by atoms with Crippen LogP contribution in [0.3, 0.4) is 0 Å². The Balaban J connectivity index is 1.65. The van der Waals surface area contributed by atoms with E-state index >= 15 is 0 Å². The molecular weight excluding hydrogens is 312 g/mol. The lowest BCUT2D eigenvalue weighted by Crippen LogP contribution is -2.24. The fourth-order valence-corrected chi connectivity index (χ4v) is 2.79. The van der Waals surface area contributed by atoms with E-state index in [4.69, 9.17) is 14.6 Å². The van der Waals surface area contributed by atoms with Gasteiger partial charge < -0.3 is 14.6 Å². The number of rotatable bonds is 5. The molecule has 3 rings (SSSR count). The number of aliphatic hydroxyl groups is 1. The number of ether oxygens (including phenoxy) is 2. The largest absolute Gasteiger partial charge is 0.465 e. The van der Waals surface area contributed by atoms with Gasteiger partial charge in [0, 0.05) is 25.0 Å². The summed E-state index contributed by atoms with van der Waals surface area (Å²) in [5.74, 6) is 7.09. The predicted molar refractivity (Wildman–Crippen MR) is 99.3 cm³/mol. The third-order valence-corrected chi connectivity index (χ3v) is 4.15. The summed E-state index contributed by atoms with van der Waals surface area (Å²) in [6.07, 6.45) is 4.57. The van der Waals surface area contributed by atoms with Crippen molar-refractivity contribution in [3.05, 3.63) is 54.1 Å². The summed E-state index contributed by atoms with van der Waals surface area (Å²) in [5, 5.41) is 8.80. The molecule has 0 radical (unpaired) electrons. The zero-order valence-corrected chi connectivity index (χ0v) is 14.4. The second kappa shape index (κ2) is 9.27. The van der Waals surface area contributed by atoms with Gasteiger partial charge in [-0.15, -0.1) is 0 Å². The molecule has 0 aliphatic carbocycles. The maximum absolute atomic E-state index is 8.80. The molecule has 0 spiro atoms. The van der Waals surface area contributed by atoms with Crippen LogP contribution in [0.25, 0.3) is 11.1 Å². The molecule has 1 N–H and O–H groups in total. The maximum atomic E-state index is 8.80. The second-order valence-corrected chi connectivity index (χ2v) is 6.15. The molecule has 0 saturated carbocycles. The summed E-state index contributed by atoms with van der Waals surface area (Å²) >= 11 is 0. The molecule has 3 nitrogen and oxygen atoms in total. The first-order valence-corrected chi connectivity index (χ1v) is 8.93. The first-order chi connectivity index (χ1) is 12.3. The van der Waals surface area contributed by atoms with Crippen LogP contribution >= 0.6 is 0 Å². The third-order valence-electron chi connectivity index (χ3n) is 4.15. The predicted octanol–water partition coefficient (Wildman–Crippen LogP) is 4.38. The molecule has 1 aliphatic heterocycles. The van der Waals surface area contributed by atoms with Crippen LogP contribution in [0.2, 0.25) is 0 Å². The monoisotopic (exact) mass is 336 g/mol. The highest BCUT2D eigenvalue weighted by molar-refractivity contribution is 5.66. The van der Waals surface area contributed by atoms with Gasteiger partial charge in [0.1, 0.15) is 5.75 Å². The number of hydrogen-bond acceptors (Lipinski definition) is 3. The zero-order chi connectivity index (χ0) is 17.3. The van der Waals surface area contributed by atoms with Gasteiger partial charge in [-0.2, -0.15) is 0 Å². The van der Waals surface area contributed by atoms with Gasteiger partial charge in [-0.05, 0) is 54.7 Å². The summed E-state index contributed by atoms with van der Waals surface area (Å²) in [4.78, 5) is 0. The summed E-state index contributed by atoms with van der Waals surface area (Å²) < 4.78 is 11.5. The molecule has 1 heterocycles. The van der Waals surface area contributed by atoms with E-state index in [1.807, 2.05) is 24.3 Å². The normalized spacial score (nSPS) is 16.8. The van der Waals surface area contributed by atoms with E-state index in [2.05, 4.69) is 36.1 Å². The molecule has 0 aromatic heterocycles. The standard InChI is InChI=1S/C22H24O3/c23-15-4-1-2-7-18-8-6-9-20(17-18)19-11-13-21(14-12-19)25-22-10-3-5-16-24-22/h6,8-9,11-14,17,22-23H,1,3-5,10,15-16H2. The number of unbranched alkanes of at least 4 members (excludes halogenated alkanes) is 1. The van der Waals surface area contributed by atoms with Gasteiger partial charge >= 0.3 is 0 Å². The average molecular weight is 336 g/mol. The van der Waals surface area contributed by atoms with Gasteiger partial charge in [0.2, 0.25) is 0 Å². The van der Waals surface area contributed by atoms with Gasteiger partial charge in [-0.25, -0.2) is 0 Å². The molecule has 1 fully saturated rings. The Morgan fingerprint density at radius 1 is 1.08 bits per heavy atom. The van der Waals surface area contributed by atoms with Crippen molar-refractivity contribution in [1.82, 2.24) is 0 Å². The quantitative estimate of drug-likeness (QED) is 0.650. The highest BCUT2D eigenvalue weighted by Crippen LogP contribution is 2.25. The van der Waals surface area contributed by atoms with Crippen LogP contribution in [0.1, 0.15) is 37.7 Å². The van der Waals surface area contributed by atoms with Crippen molar-refractivity contribution in [2.75, 3.05) is 13.2 Å². The van der Waals surface area contributed by atoms with Gasteiger partial charge in [0.25, 0.3) is 0 Å². The lowest BCUT2D eigenvalue weighted by atomic mass is 10.0. The fourth-order valence-electron chi connectivity index (χ4n) is 2.79. The molecule has 2 aromatic rings. The number of aliphatic hydroxyl groups excluding tert-OH is 1. The Bertz CT molecular complexity index is 719. The van der Waals surface area contributed by atoms with E-state index in [1.54, 1.807) is 0 Å². The first kappa shape index (κ1) is 17.5. The molecular formula is C22H24O3. The average Bonchev–Trinajstić information content (AvgIpc) is 2.67. The van der Waals surface area contributed by atoms with Crippen molar-refractivity contribution in [2.24, 2.45) is 0 Å². The van der Waals surface area contributed by atoms with E-state index in [0.29, 0.717) is 0 Å². The first-order valence-electron chi connectivity index (χ1n) is 8.93. The van der Waals surface area contributed by atoms with Crippen molar-refractivity contribution >= 4 is 0 Å². The van der Waals surface area contributed by atoms with Crippen LogP contribution in [0.4, 0.5) is 0 Å². The molecule has 25 heavy (non-hydrogen) atoms. The van der Waals surface area contributed by atoms with Crippen LogP contribution < -0.4 is 4.74 Å². The lowest BCUT2D eigenvalue weighted by Gasteiger charge is -2.23. The smallest absolute Gasteiger partial charge is 0.199 e. The van der Waals surface area contributed by atoms with Crippen LogP contribution in [0.15, 0.2) is 48.5 Å². The van der Waals surface area contributed by atoms with Gasteiger partial charge in [-0.3, -0.25) is 0 Å². The van der Waals surface area contributed by atoms with Gasteiger partial charge in [0.05, 0.1) is 6.61 Å². The van der Waals surface area contributed by atoms with E-state index in [0.717, 1.165) is 61.2 Å². The molecule has 130 valence electrons. The van der Waals surface area contributed by atoms with Crippen LogP contribution in [-0.2, 0) is 4.74 Å². The summed E-state index contributed by atoms with van der Waals surface area (Å²) in [7, 11) is 0. The van der Waals surface area contributed by atoms with E-state index < -0.39 is 0 Å². The summed E-state index contributed by atoms with van der Waals surface area (Å²) in [6.45, 7) is 0.976. The Labute approximate surface area is 149 Å². The van der Waals surface area contributed by atoms with Crippen molar-refractivity contribution in [2.45, 2.75) is 38.4 Å². The zero-order valence-electron chi connectivity index (χ0n) is 14.4. The van der Waals surface area contributed by atoms with Gasteiger partial charge in [-0.1, -0.05) is 36.1 Å². The fraction of sp³-hybridized carbons (Fsp3) is 0.364. The van der Waals surface area contributed by atoms with E-state index in [-0.39, 0.29) is 12.9 Å². The molecule has 3 heteroatoms. The molecule has 1 saturated heterocycles. The van der Waals surface area contributed by atoms with Crippen molar-refractivity contribution in [3.63, 3.8) is 0 Å². The number of benzene rings is 2. The third kappa shape index (κ3) is 5.35. The van der Waals surface area contributed by atoms with Crippen molar-refractivity contribution in [3.8, 4) is 28.7 Å². The van der Waals surface area contributed by atoms with Gasteiger partial charge in [0.15, 0.2) is 6.29 Å². The van der Waals surface area contributed by atoms with E-state index in [1.165, 1.54) is 0 Å². The Kier molecular flexibility index (Phi) is 6.50. The van der Waals surface area contributed by atoms with Crippen molar-refractivity contribution < 1.29 is 14.6 Å². The lowest BCUT2D eigenvalue weighted by molar-refractivity contribution is -0.105. The molecule has 0 amide bonds. The van der Waals surface area contributed by atoms with Crippen LogP contribution in [0, 0.1) is 11.8 Å². The summed E-state index contributed by atoms with van der Waals surface area (Å²) in [5.41, 5.74) is 3.26. The minimum absolute atomic E-state index is 0.114. The number of hydrogen-bond donors (Lipinski definition) is 1. The molecule has 2 aromatic carbocycles. The second-order valence-electron chi connectivity index (χ2n) is 6.15. The Morgan fingerprint density at radius 3 is 2.72 bits per heavy atom. The molecule has 1 unspecified atom stereocenters. The maximum Gasteiger partial charge on any atom is 0.199 e. The Hall–Kier alpha value is -2.28. The minimum Gasteiger partial charge on any atom is -0.465 e. The SMILES string of the molecule is OCCCC#Cc1cccc(-c2ccc(OC3CCCCO3)cc2)c1. The molecule has 1 aliphatic rings.